The lowest BCUT2D eigenvalue weighted by Gasteiger charge is -2.11. The van der Waals surface area contributed by atoms with E-state index in [0.717, 1.165) is 32.1 Å². The number of nitrogens with zero attached hydrogens (tertiary/aromatic N) is 2. The van der Waals surface area contributed by atoms with E-state index in [4.69, 9.17) is 0 Å². The first kappa shape index (κ1) is 22.2. The van der Waals surface area contributed by atoms with Gasteiger partial charge < -0.3 is 15.5 Å². The summed E-state index contributed by atoms with van der Waals surface area (Å²) < 4.78 is 0. The fraction of sp³-hybridized carbons (Fsp3) is 0. The molecule has 0 spiro atoms. The topological polar surface area (TPSA) is 111 Å². The van der Waals surface area contributed by atoms with Gasteiger partial charge in [0.15, 0.2) is 0 Å². The van der Waals surface area contributed by atoms with Crippen LogP contribution in [0.3, 0.4) is 0 Å². The van der Waals surface area contributed by atoms with Crippen molar-refractivity contribution in [2.24, 2.45) is 0 Å². The number of H-pyrrole nitrogens is 1. The number of phenolic OH excluding ortho intramolecular Hbond substituents is 2. The number of phenols is 2. The molecule has 4 N–H and O–H groups in total. The number of benzene rings is 3. The summed E-state index contributed by atoms with van der Waals surface area (Å²) in [6.07, 6.45) is 5.59. The highest BCUT2D eigenvalue weighted by Crippen LogP contribution is 2.34. The Kier molecular flexibility index (Phi) is 6.19. The SMILES string of the molecule is O=C(Nc1ccc(O)cc1O)c1ccccc1Sc1ccc2c(/C=C/c3ccccn3)n[nH]c2c1. The molecule has 2 aromatic heterocycles. The van der Waals surface area contributed by atoms with Gasteiger partial charge in [-0.2, -0.15) is 5.10 Å². The zero-order valence-corrected chi connectivity index (χ0v) is 19.2. The zero-order valence-electron chi connectivity index (χ0n) is 18.3. The first-order valence-electron chi connectivity index (χ1n) is 10.7. The molecule has 0 fully saturated rings. The van der Waals surface area contributed by atoms with E-state index in [1.54, 1.807) is 18.3 Å². The summed E-state index contributed by atoms with van der Waals surface area (Å²) in [7, 11) is 0. The average molecular weight is 481 g/mol. The summed E-state index contributed by atoms with van der Waals surface area (Å²) in [5.74, 6) is -0.652. The second-order valence-electron chi connectivity index (χ2n) is 7.66. The predicted molar refractivity (Wildman–Crippen MR) is 138 cm³/mol. The summed E-state index contributed by atoms with van der Waals surface area (Å²) in [5.41, 5.74) is 3.24. The first-order valence-corrected chi connectivity index (χ1v) is 11.6. The molecule has 0 saturated heterocycles. The lowest BCUT2D eigenvalue weighted by molar-refractivity contribution is 0.102. The van der Waals surface area contributed by atoms with Gasteiger partial charge in [-0.15, -0.1) is 0 Å². The minimum Gasteiger partial charge on any atom is -0.508 e. The monoisotopic (exact) mass is 480 g/mol. The molecule has 0 saturated carbocycles. The number of aromatic hydroxyl groups is 2. The Morgan fingerprint density at radius 1 is 0.943 bits per heavy atom. The third-order valence-corrected chi connectivity index (χ3v) is 6.32. The molecule has 2 heterocycles. The third-order valence-electron chi connectivity index (χ3n) is 5.25. The van der Waals surface area contributed by atoms with Crippen LogP contribution in [-0.2, 0) is 0 Å². The number of aromatic amines is 1. The van der Waals surface area contributed by atoms with E-state index >= 15 is 0 Å². The van der Waals surface area contributed by atoms with Crippen LogP contribution in [0.15, 0.2) is 94.9 Å². The van der Waals surface area contributed by atoms with Crippen LogP contribution in [0.1, 0.15) is 21.7 Å². The highest BCUT2D eigenvalue weighted by Gasteiger charge is 2.15. The fourth-order valence-electron chi connectivity index (χ4n) is 3.53. The summed E-state index contributed by atoms with van der Waals surface area (Å²) in [5, 5.41) is 30.6. The molecule has 0 aliphatic heterocycles. The number of carbonyl (C=O) groups is 1. The van der Waals surface area contributed by atoms with E-state index in [0.29, 0.717) is 5.56 Å². The van der Waals surface area contributed by atoms with Gasteiger partial charge in [0, 0.05) is 27.4 Å². The maximum absolute atomic E-state index is 12.9. The molecule has 0 aliphatic carbocycles. The Balaban J connectivity index is 1.37. The molecular formula is C27H20N4O3S. The molecule has 0 bridgehead atoms. The van der Waals surface area contributed by atoms with E-state index in [1.807, 2.05) is 60.7 Å². The van der Waals surface area contributed by atoms with E-state index in [1.165, 1.54) is 30.0 Å². The van der Waals surface area contributed by atoms with Gasteiger partial charge in [-0.1, -0.05) is 30.0 Å². The van der Waals surface area contributed by atoms with Gasteiger partial charge in [-0.25, -0.2) is 0 Å². The van der Waals surface area contributed by atoms with Gasteiger partial charge in [0.1, 0.15) is 11.5 Å². The van der Waals surface area contributed by atoms with E-state index in [2.05, 4.69) is 20.5 Å². The van der Waals surface area contributed by atoms with E-state index in [-0.39, 0.29) is 23.1 Å². The van der Waals surface area contributed by atoms with E-state index < -0.39 is 0 Å². The minimum absolute atomic E-state index is 0.0824. The number of carbonyl (C=O) groups excluding carboxylic acids is 1. The number of nitrogens with one attached hydrogen (secondary N) is 2. The van der Waals surface area contributed by atoms with Crippen molar-refractivity contribution in [1.29, 1.82) is 0 Å². The number of pyridine rings is 1. The van der Waals surface area contributed by atoms with Gasteiger partial charge in [0.25, 0.3) is 5.91 Å². The van der Waals surface area contributed by atoms with Gasteiger partial charge in [0.2, 0.25) is 0 Å². The van der Waals surface area contributed by atoms with Crippen molar-refractivity contribution in [2.75, 3.05) is 5.32 Å². The maximum atomic E-state index is 12.9. The van der Waals surface area contributed by atoms with E-state index in [9.17, 15) is 15.0 Å². The van der Waals surface area contributed by atoms with Crippen LogP contribution in [0, 0.1) is 0 Å². The van der Waals surface area contributed by atoms with Crippen molar-refractivity contribution >= 4 is 46.4 Å². The predicted octanol–water partition coefficient (Wildman–Crippen LogP) is 5.94. The lowest BCUT2D eigenvalue weighted by atomic mass is 10.2. The lowest BCUT2D eigenvalue weighted by Crippen LogP contribution is -2.13. The fourth-order valence-corrected chi connectivity index (χ4v) is 4.52. The van der Waals surface area contributed by atoms with Crippen LogP contribution in [-0.4, -0.2) is 31.3 Å². The largest absolute Gasteiger partial charge is 0.508 e. The van der Waals surface area contributed by atoms with Crippen LogP contribution >= 0.6 is 11.8 Å². The molecule has 8 heteroatoms. The van der Waals surface area contributed by atoms with Crippen LogP contribution in [0.25, 0.3) is 23.1 Å². The Bertz CT molecular complexity index is 1550. The standard InChI is InChI=1S/C27H20N4O3S/c32-18-9-13-23(25(33)15-18)29-27(34)21-6-1-2-7-26(21)35-19-10-11-20-22(30-31-24(20)16-19)12-8-17-5-3-4-14-28-17/h1-16,32-33H,(H,29,34)(H,30,31)/b12-8+. The van der Waals surface area contributed by atoms with Crippen LogP contribution < -0.4 is 5.32 Å². The summed E-state index contributed by atoms with van der Waals surface area (Å²) in [4.78, 5) is 18.9. The second kappa shape index (κ2) is 9.74. The molecule has 5 rings (SSSR count). The first-order chi connectivity index (χ1) is 17.1. The van der Waals surface area contributed by atoms with Gasteiger partial charge >= 0.3 is 0 Å². The van der Waals surface area contributed by atoms with Crippen molar-refractivity contribution < 1.29 is 15.0 Å². The number of aromatic nitrogens is 3. The molecule has 0 unspecified atom stereocenters. The molecule has 7 nitrogen and oxygen atoms in total. The third kappa shape index (κ3) is 5.02. The molecule has 172 valence electrons. The zero-order chi connectivity index (χ0) is 24.2. The van der Waals surface area contributed by atoms with Gasteiger partial charge in [0.05, 0.1) is 28.2 Å². The number of hydrogen-bond acceptors (Lipinski definition) is 6. The summed E-state index contributed by atoms with van der Waals surface area (Å²) >= 11 is 1.45. The number of rotatable bonds is 6. The Morgan fingerprint density at radius 2 is 1.80 bits per heavy atom. The van der Waals surface area contributed by atoms with Gasteiger partial charge in [-0.05, 0) is 66.7 Å². The maximum Gasteiger partial charge on any atom is 0.256 e. The number of hydrogen-bond donors (Lipinski definition) is 4. The normalized spacial score (nSPS) is 11.2. The second-order valence-corrected chi connectivity index (χ2v) is 8.77. The van der Waals surface area contributed by atoms with Crippen molar-refractivity contribution in [2.45, 2.75) is 9.79 Å². The molecule has 5 aromatic rings. The summed E-state index contributed by atoms with van der Waals surface area (Å²) in [6.45, 7) is 0. The number of amides is 1. The Morgan fingerprint density at radius 3 is 2.63 bits per heavy atom. The average Bonchev–Trinajstić information content (AvgIpc) is 3.27. The molecule has 0 radical (unpaired) electrons. The minimum atomic E-state index is -0.362. The Labute approximate surface area is 205 Å². The highest BCUT2D eigenvalue weighted by molar-refractivity contribution is 7.99. The van der Waals surface area contributed by atoms with Crippen molar-refractivity contribution in [1.82, 2.24) is 15.2 Å². The molecule has 3 aromatic carbocycles. The number of fused-ring (bicyclic) bond motifs is 1. The van der Waals surface area contributed by atoms with Crippen molar-refractivity contribution in [3.8, 4) is 11.5 Å². The Hall–Kier alpha value is -4.56. The van der Waals surface area contributed by atoms with Crippen LogP contribution in [0.2, 0.25) is 0 Å². The van der Waals surface area contributed by atoms with Crippen molar-refractivity contribution in [3.05, 3.63) is 102 Å². The molecule has 0 atom stereocenters. The van der Waals surface area contributed by atoms with Gasteiger partial charge in [-0.3, -0.25) is 14.9 Å². The molecule has 1 amide bonds. The number of anilines is 1. The van der Waals surface area contributed by atoms with Crippen molar-refractivity contribution in [3.63, 3.8) is 0 Å². The molecule has 0 aliphatic rings. The summed E-state index contributed by atoms with van der Waals surface area (Å²) in [6, 6.07) is 23.0. The smallest absolute Gasteiger partial charge is 0.256 e. The molecular weight excluding hydrogens is 460 g/mol. The van der Waals surface area contributed by atoms with Crippen LogP contribution in [0.5, 0.6) is 11.5 Å². The van der Waals surface area contributed by atoms with Crippen LogP contribution in [0.4, 0.5) is 5.69 Å². The quantitative estimate of drug-likeness (QED) is 0.177. The molecule has 35 heavy (non-hydrogen) atoms. The highest BCUT2D eigenvalue weighted by atomic mass is 32.2.